The number of rotatable bonds is 12. The summed E-state index contributed by atoms with van der Waals surface area (Å²) in [6.45, 7) is 12.1. The van der Waals surface area contributed by atoms with Gasteiger partial charge in [-0.05, 0) is 76.3 Å². The Morgan fingerprint density at radius 1 is 0.765 bits per heavy atom. The van der Waals surface area contributed by atoms with Gasteiger partial charge in [-0.15, -0.1) is 0 Å². The number of nitrogens with one attached hydrogen (secondary N) is 1. The lowest BCUT2D eigenvalue weighted by molar-refractivity contribution is 0.181. The number of aromatic amines is 1. The van der Waals surface area contributed by atoms with Gasteiger partial charge in [0.1, 0.15) is 11.6 Å². The third-order valence-electron chi connectivity index (χ3n) is 9.74. The van der Waals surface area contributed by atoms with Crippen LogP contribution in [0, 0.1) is 13.8 Å². The van der Waals surface area contributed by atoms with Crippen LogP contribution in [0.1, 0.15) is 55.3 Å². The van der Waals surface area contributed by atoms with E-state index in [4.69, 9.17) is 41.3 Å². The van der Waals surface area contributed by atoms with Gasteiger partial charge in [0.25, 0.3) is 0 Å². The molecular formula is C39H47ClN10O. The first kappa shape index (κ1) is 34.9. The minimum Gasteiger partial charge on any atom is -0.492 e. The van der Waals surface area contributed by atoms with Crippen LogP contribution in [0.2, 0.25) is 5.02 Å². The number of anilines is 2. The fourth-order valence-corrected chi connectivity index (χ4v) is 7.49. The van der Waals surface area contributed by atoms with E-state index in [1.165, 1.54) is 5.56 Å². The topological polar surface area (TPSA) is 102 Å². The Morgan fingerprint density at radius 3 is 2.04 bits per heavy atom. The van der Waals surface area contributed by atoms with Crippen molar-refractivity contribution in [2.45, 2.75) is 71.6 Å². The first-order chi connectivity index (χ1) is 24.9. The highest BCUT2D eigenvalue weighted by atomic mass is 35.5. The average Bonchev–Trinajstić information content (AvgIpc) is 3.62. The summed E-state index contributed by atoms with van der Waals surface area (Å²) in [5.74, 6) is 3.05. The van der Waals surface area contributed by atoms with Gasteiger partial charge in [-0.25, -0.2) is 34.9 Å². The molecule has 0 amide bonds. The molecule has 1 N–H and O–H groups in total. The number of aryl methyl sites for hydroxylation is 2. The lowest BCUT2D eigenvalue weighted by atomic mass is 10.0. The number of imidazole rings is 1. The predicted molar refractivity (Wildman–Crippen MR) is 202 cm³/mol. The molecule has 0 radical (unpaired) electrons. The summed E-state index contributed by atoms with van der Waals surface area (Å²) >= 11 is 6.38. The lowest BCUT2D eigenvalue weighted by Gasteiger charge is -2.48. The minimum atomic E-state index is 0.175. The Kier molecular flexibility index (Phi) is 11.1. The number of nitrogens with zero attached hydrogens (tertiary/aromatic N) is 9. The molecule has 0 saturated carbocycles. The van der Waals surface area contributed by atoms with E-state index in [0.29, 0.717) is 23.5 Å². The van der Waals surface area contributed by atoms with Crippen molar-refractivity contribution < 1.29 is 4.74 Å². The highest BCUT2D eigenvalue weighted by Crippen LogP contribution is 2.32. The third-order valence-corrected chi connectivity index (χ3v) is 10.0. The van der Waals surface area contributed by atoms with Crippen molar-refractivity contribution in [1.82, 2.24) is 39.7 Å². The molecule has 12 heteroatoms. The van der Waals surface area contributed by atoms with Gasteiger partial charge in [0.05, 0.1) is 29.4 Å². The van der Waals surface area contributed by atoms with Crippen molar-refractivity contribution in [3.63, 3.8) is 0 Å². The van der Waals surface area contributed by atoms with E-state index in [2.05, 4.69) is 49.1 Å². The Morgan fingerprint density at radius 2 is 1.39 bits per heavy atom. The predicted octanol–water partition coefficient (Wildman–Crippen LogP) is 6.88. The van der Waals surface area contributed by atoms with E-state index < -0.39 is 0 Å². The highest BCUT2D eigenvalue weighted by molar-refractivity contribution is 6.32. The summed E-state index contributed by atoms with van der Waals surface area (Å²) in [7, 11) is 0. The van der Waals surface area contributed by atoms with Gasteiger partial charge in [0.2, 0.25) is 11.9 Å². The number of ether oxygens (including phenoxy) is 1. The van der Waals surface area contributed by atoms with Crippen molar-refractivity contribution >= 4 is 23.5 Å². The smallest absolute Gasteiger partial charge is 0.245 e. The molecule has 2 aliphatic rings. The largest absolute Gasteiger partial charge is 0.492 e. The Balaban J connectivity index is 1.09. The van der Waals surface area contributed by atoms with Crippen LogP contribution < -0.4 is 14.8 Å². The van der Waals surface area contributed by atoms with E-state index in [1.807, 2.05) is 75.8 Å². The SMILES string of the molecule is CCOc1cc(CN2CCC(N(c3ncccn3)N(c3nc(C)cc(C)n3)C3CCN(Cc4c[nH]c(-c5ccccc5)n4)CC3)CC2)ccc1Cl. The summed E-state index contributed by atoms with van der Waals surface area (Å²) < 4.78 is 5.76. The first-order valence-corrected chi connectivity index (χ1v) is 18.4. The van der Waals surface area contributed by atoms with Crippen molar-refractivity contribution in [1.29, 1.82) is 0 Å². The first-order valence-electron chi connectivity index (χ1n) is 18.1. The summed E-state index contributed by atoms with van der Waals surface area (Å²) in [6.07, 6.45) is 9.51. The summed E-state index contributed by atoms with van der Waals surface area (Å²) in [5.41, 5.74) is 5.26. The number of benzene rings is 2. The second kappa shape index (κ2) is 16.2. The lowest BCUT2D eigenvalue weighted by Crippen LogP contribution is -2.60. The fraction of sp³-hybridized carbons (Fsp3) is 0.410. The van der Waals surface area contributed by atoms with Gasteiger partial charge < -0.3 is 9.72 Å². The summed E-state index contributed by atoms with van der Waals surface area (Å²) in [4.78, 5) is 33.0. The van der Waals surface area contributed by atoms with Gasteiger partial charge in [-0.2, -0.15) is 0 Å². The molecule has 5 heterocycles. The molecular weight excluding hydrogens is 660 g/mol. The normalized spacial score (nSPS) is 16.3. The molecule has 2 aliphatic heterocycles. The number of piperidine rings is 2. The summed E-state index contributed by atoms with van der Waals surface area (Å²) in [5, 5.41) is 5.31. The number of hydrogen-bond acceptors (Lipinski definition) is 10. The van der Waals surface area contributed by atoms with Crippen molar-refractivity contribution in [2.24, 2.45) is 0 Å². The van der Waals surface area contributed by atoms with Crippen molar-refractivity contribution in [3.05, 3.63) is 107 Å². The van der Waals surface area contributed by atoms with Crippen LogP contribution in [0.25, 0.3) is 11.4 Å². The Labute approximate surface area is 305 Å². The molecule has 2 aromatic carbocycles. The zero-order chi connectivity index (χ0) is 35.2. The van der Waals surface area contributed by atoms with Gasteiger partial charge in [-0.3, -0.25) is 9.80 Å². The molecule has 0 unspecified atom stereocenters. The van der Waals surface area contributed by atoms with Crippen LogP contribution in [-0.4, -0.2) is 84.6 Å². The number of likely N-dealkylation sites (tertiary alicyclic amines) is 2. The zero-order valence-corrected chi connectivity index (χ0v) is 30.5. The van der Waals surface area contributed by atoms with Gasteiger partial charge in [-0.1, -0.05) is 48.0 Å². The zero-order valence-electron chi connectivity index (χ0n) is 29.7. The number of hydrazine groups is 1. The van der Waals surface area contributed by atoms with E-state index in [0.717, 1.165) is 99.2 Å². The second-order valence-electron chi connectivity index (χ2n) is 13.5. The Bertz CT molecular complexity index is 1840. The van der Waals surface area contributed by atoms with Crippen molar-refractivity contribution in [3.8, 4) is 17.1 Å². The molecule has 0 aliphatic carbocycles. The third kappa shape index (κ3) is 8.49. The van der Waals surface area contributed by atoms with E-state index >= 15 is 0 Å². The quantitative estimate of drug-likeness (QED) is 0.138. The molecule has 0 atom stereocenters. The molecule has 2 saturated heterocycles. The molecule has 5 aromatic rings. The molecule has 7 rings (SSSR count). The fourth-order valence-electron chi connectivity index (χ4n) is 7.32. The molecule has 2 fully saturated rings. The van der Waals surface area contributed by atoms with E-state index in [-0.39, 0.29) is 12.1 Å². The monoisotopic (exact) mass is 706 g/mol. The van der Waals surface area contributed by atoms with Crippen LogP contribution in [0.4, 0.5) is 11.9 Å². The van der Waals surface area contributed by atoms with Gasteiger partial charge in [0.15, 0.2) is 0 Å². The molecule has 266 valence electrons. The molecule has 0 bridgehead atoms. The Hall–Kier alpha value is -4.58. The van der Waals surface area contributed by atoms with Crippen molar-refractivity contribution in [2.75, 3.05) is 42.8 Å². The molecule has 51 heavy (non-hydrogen) atoms. The standard InChI is InChI=1S/C39H47ClN10O/c1-4-51-36-24-30(11-12-35(36)40)26-47-19-13-33(14-20-47)49(38-41-17-8-18-42-38)50(39-44-28(2)23-29(3)45-39)34-15-21-48(22-16-34)27-32-25-43-37(46-32)31-9-6-5-7-10-31/h5-12,17-18,23-25,33-34H,4,13-16,19-22,26-27H2,1-3H3,(H,43,46). The highest BCUT2D eigenvalue weighted by Gasteiger charge is 2.37. The number of H-pyrrole nitrogens is 1. The summed E-state index contributed by atoms with van der Waals surface area (Å²) in [6, 6.07) is 20.7. The van der Waals surface area contributed by atoms with Gasteiger partial charge in [0, 0.05) is 74.8 Å². The van der Waals surface area contributed by atoms with Crippen LogP contribution in [0.15, 0.2) is 79.3 Å². The van der Waals surface area contributed by atoms with Crippen LogP contribution in [0.5, 0.6) is 5.75 Å². The average molecular weight is 707 g/mol. The number of hydrogen-bond donors (Lipinski definition) is 1. The molecule has 11 nitrogen and oxygen atoms in total. The number of aromatic nitrogens is 6. The molecule has 0 spiro atoms. The van der Waals surface area contributed by atoms with Gasteiger partial charge >= 0.3 is 0 Å². The maximum atomic E-state index is 6.38. The van der Waals surface area contributed by atoms with Crippen LogP contribution in [-0.2, 0) is 13.1 Å². The number of halogens is 1. The van der Waals surface area contributed by atoms with E-state index in [9.17, 15) is 0 Å². The minimum absolute atomic E-state index is 0.175. The molecule has 3 aromatic heterocycles. The van der Waals surface area contributed by atoms with Crippen LogP contribution in [0.3, 0.4) is 0 Å². The maximum Gasteiger partial charge on any atom is 0.245 e. The maximum absolute atomic E-state index is 6.38. The van der Waals surface area contributed by atoms with Crippen LogP contribution >= 0.6 is 11.6 Å². The van der Waals surface area contributed by atoms with E-state index in [1.54, 1.807) is 0 Å². The second-order valence-corrected chi connectivity index (χ2v) is 13.9.